The van der Waals surface area contributed by atoms with E-state index in [0.29, 0.717) is 6.54 Å². The van der Waals surface area contributed by atoms with Gasteiger partial charge in [-0.25, -0.2) is 0 Å². The van der Waals surface area contributed by atoms with Gasteiger partial charge in [0, 0.05) is 6.54 Å². The van der Waals surface area contributed by atoms with Crippen molar-refractivity contribution >= 4 is 42.3 Å². The lowest BCUT2D eigenvalue weighted by atomic mass is 10.0. The highest BCUT2D eigenvalue weighted by atomic mass is 35.5. The van der Waals surface area contributed by atoms with Gasteiger partial charge in [-0.2, -0.15) is 4.98 Å². The van der Waals surface area contributed by atoms with Gasteiger partial charge in [0.15, 0.2) is 5.82 Å². The number of nitrogens with one attached hydrogen (secondary N) is 3. The van der Waals surface area contributed by atoms with E-state index in [1.54, 1.807) is 0 Å². The van der Waals surface area contributed by atoms with Crippen LogP contribution in [0.15, 0.2) is 4.79 Å². The number of nitrogen functional groups attached to an aromatic ring is 1. The Kier molecular flexibility index (Phi) is 6.37. The molecular weight excluding hydrogens is 297 g/mol. The summed E-state index contributed by atoms with van der Waals surface area (Å²) in [4.78, 5) is 17.8. The van der Waals surface area contributed by atoms with Gasteiger partial charge in [0.05, 0.1) is 12.1 Å². The molecule has 0 spiro atoms. The van der Waals surface area contributed by atoms with E-state index < -0.39 is 18.2 Å². The van der Waals surface area contributed by atoms with E-state index in [2.05, 4.69) is 20.6 Å². The van der Waals surface area contributed by atoms with Crippen molar-refractivity contribution in [3.05, 3.63) is 10.4 Å². The fraction of sp³-hybridized carbons (Fsp3) is 0.556. The Balaban J connectivity index is 0.00000162. The van der Waals surface area contributed by atoms with Gasteiger partial charge in [0.2, 0.25) is 5.95 Å². The highest BCUT2D eigenvalue weighted by Crippen LogP contribution is 2.21. The Morgan fingerprint density at radius 3 is 2.63 bits per heavy atom. The van der Waals surface area contributed by atoms with Crippen molar-refractivity contribution in [2.24, 2.45) is 0 Å². The number of hydrogen-bond acceptors (Lipinski definition) is 7. The molecule has 8 nitrogen and oxygen atoms in total. The summed E-state index contributed by atoms with van der Waals surface area (Å²) in [6.07, 6.45) is -1.84. The molecule has 0 radical (unpaired) electrons. The van der Waals surface area contributed by atoms with Gasteiger partial charge < -0.3 is 26.6 Å². The molecule has 0 aromatic carbocycles. The SMILES string of the molecule is CC(O)C(O)C1CNc2c(nc(N)[nH]c2=O)N1.Cl.Cl. The lowest BCUT2D eigenvalue weighted by Gasteiger charge is -2.31. The number of nitrogens with zero attached hydrogens (tertiary/aromatic N) is 1. The van der Waals surface area contributed by atoms with Crippen LogP contribution >= 0.6 is 24.8 Å². The van der Waals surface area contributed by atoms with Crippen LogP contribution in [-0.4, -0.2) is 45.0 Å². The second kappa shape index (κ2) is 6.80. The molecule has 2 rings (SSSR count). The molecule has 0 saturated carbocycles. The van der Waals surface area contributed by atoms with Crippen LogP contribution in [-0.2, 0) is 0 Å². The third-order valence-corrected chi connectivity index (χ3v) is 2.67. The molecule has 2 heterocycles. The average Bonchev–Trinajstić information content (AvgIpc) is 2.26. The summed E-state index contributed by atoms with van der Waals surface area (Å²) in [5.41, 5.74) is 5.33. The molecule has 0 fully saturated rings. The van der Waals surface area contributed by atoms with Gasteiger partial charge in [0.1, 0.15) is 11.8 Å². The number of halogens is 2. The zero-order valence-corrected chi connectivity index (χ0v) is 11.7. The monoisotopic (exact) mass is 313 g/mol. The second-order valence-corrected chi connectivity index (χ2v) is 4.04. The van der Waals surface area contributed by atoms with Crippen LogP contribution in [0, 0.1) is 0 Å². The zero-order chi connectivity index (χ0) is 12.6. The predicted octanol–water partition coefficient (Wildman–Crippen LogP) is -0.857. The van der Waals surface area contributed by atoms with Crippen molar-refractivity contribution in [3.63, 3.8) is 0 Å². The molecule has 7 N–H and O–H groups in total. The molecule has 1 aliphatic heterocycles. The minimum atomic E-state index is -0.960. The van der Waals surface area contributed by atoms with Gasteiger partial charge in [-0.3, -0.25) is 9.78 Å². The Labute approximate surface area is 121 Å². The summed E-state index contributed by atoms with van der Waals surface area (Å²) in [7, 11) is 0. The summed E-state index contributed by atoms with van der Waals surface area (Å²) in [5.74, 6) is 0.275. The maximum atomic E-state index is 11.5. The standard InChI is InChI=1S/C9H15N5O3.2ClH/c1-3(15)6(16)4-2-11-5-7(12-4)13-9(10)14-8(5)17;;/h3-4,6,11,15-16H,2H2,1H3,(H4,10,12,13,14,17);2*1H. The smallest absolute Gasteiger partial charge is 0.277 e. The summed E-state index contributed by atoms with van der Waals surface area (Å²) < 4.78 is 0. The van der Waals surface area contributed by atoms with E-state index >= 15 is 0 Å². The highest BCUT2D eigenvalue weighted by molar-refractivity contribution is 5.85. The predicted molar refractivity (Wildman–Crippen MR) is 77.4 cm³/mol. The molecule has 10 heteroatoms. The largest absolute Gasteiger partial charge is 0.391 e. The number of H-pyrrole nitrogens is 1. The molecule has 19 heavy (non-hydrogen) atoms. The summed E-state index contributed by atoms with van der Waals surface area (Å²) in [6.45, 7) is 1.80. The molecule has 0 bridgehead atoms. The first kappa shape index (κ1) is 17.8. The fourth-order valence-corrected chi connectivity index (χ4v) is 1.74. The third kappa shape index (κ3) is 3.63. The highest BCUT2D eigenvalue weighted by Gasteiger charge is 2.29. The molecule has 110 valence electrons. The van der Waals surface area contributed by atoms with Gasteiger partial charge in [-0.1, -0.05) is 0 Å². The average molecular weight is 314 g/mol. The van der Waals surface area contributed by atoms with E-state index in [1.165, 1.54) is 6.92 Å². The van der Waals surface area contributed by atoms with Crippen molar-refractivity contribution < 1.29 is 10.2 Å². The number of aromatic nitrogens is 2. The first-order valence-corrected chi connectivity index (χ1v) is 5.25. The van der Waals surface area contributed by atoms with Gasteiger partial charge >= 0.3 is 0 Å². The maximum Gasteiger partial charge on any atom is 0.277 e. The number of hydrogen-bond donors (Lipinski definition) is 6. The van der Waals surface area contributed by atoms with Gasteiger partial charge in [0.25, 0.3) is 5.56 Å². The lowest BCUT2D eigenvalue weighted by Crippen LogP contribution is -2.48. The van der Waals surface area contributed by atoms with Crippen LogP contribution in [0.25, 0.3) is 0 Å². The van der Waals surface area contributed by atoms with Crippen LogP contribution in [0.3, 0.4) is 0 Å². The number of aliphatic hydroxyl groups excluding tert-OH is 2. The first-order chi connectivity index (χ1) is 7.99. The van der Waals surface area contributed by atoms with Crippen LogP contribution in [0.5, 0.6) is 0 Å². The molecule has 1 aliphatic rings. The van der Waals surface area contributed by atoms with Crippen molar-refractivity contribution in [3.8, 4) is 0 Å². The summed E-state index contributed by atoms with van der Waals surface area (Å²) in [6, 6.07) is -0.434. The molecule has 0 aliphatic carbocycles. The van der Waals surface area contributed by atoms with Crippen molar-refractivity contribution in [1.82, 2.24) is 9.97 Å². The molecule has 0 amide bonds. The number of anilines is 3. The van der Waals surface area contributed by atoms with Crippen molar-refractivity contribution in [1.29, 1.82) is 0 Å². The topological polar surface area (TPSA) is 136 Å². The van der Waals surface area contributed by atoms with Crippen LogP contribution in [0.4, 0.5) is 17.5 Å². The number of aromatic amines is 1. The zero-order valence-electron chi connectivity index (χ0n) is 10.1. The molecule has 3 unspecified atom stereocenters. The third-order valence-electron chi connectivity index (χ3n) is 2.67. The number of aliphatic hydroxyl groups is 2. The Morgan fingerprint density at radius 1 is 1.42 bits per heavy atom. The van der Waals surface area contributed by atoms with Crippen molar-refractivity contribution in [2.45, 2.75) is 25.2 Å². The quantitative estimate of drug-likeness (QED) is 0.418. The van der Waals surface area contributed by atoms with E-state index in [4.69, 9.17) is 5.73 Å². The van der Waals surface area contributed by atoms with Crippen LogP contribution < -0.4 is 21.9 Å². The Morgan fingerprint density at radius 2 is 2.05 bits per heavy atom. The maximum absolute atomic E-state index is 11.5. The normalized spacial score (nSPS) is 19.6. The molecule has 0 saturated heterocycles. The molecular formula is C9H17Cl2N5O3. The van der Waals surface area contributed by atoms with E-state index in [0.717, 1.165) is 0 Å². The Bertz CT molecular complexity index is 481. The van der Waals surface area contributed by atoms with Crippen molar-refractivity contribution in [2.75, 3.05) is 22.9 Å². The molecule has 1 aromatic heterocycles. The minimum absolute atomic E-state index is 0. The fourth-order valence-electron chi connectivity index (χ4n) is 1.74. The van der Waals surface area contributed by atoms with Gasteiger partial charge in [-0.15, -0.1) is 24.8 Å². The summed E-state index contributed by atoms with van der Waals surface area (Å²) >= 11 is 0. The van der Waals surface area contributed by atoms with Crippen LogP contribution in [0.1, 0.15) is 6.92 Å². The lowest BCUT2D eigenvalue weighted by molar-refractivity contribution is 0.0213. The number of rotatable bonds is 2. The molecule has 1 aromatic rings. The van der Waals surface area contributed by atoms with E-state index in [-0.39, 0.29) is 47.8 Å². The van der Waals surface area contributed by atoms with E-state index in [1.807, 2.05) is 0 Å². The number of fused-ring (bicyclic) bond motifs is 1. The van der Waals surface area contributed by atoms with Crippen LogP contribution in [0.2, 0.25) is 0 Å². The van der Waals surface area contributed by atoms with Gasteiger partial charge in [-0.05, 0) is 6.92 Å². The van der Waals surface area contributed by atoms with E-state index in [9.17, 15) is 15.0 Å². The summed E-state index contributed by atoms with van der Waals surface area (Å²) in [5, 5.41) is 24.7. The Hall–Kier alpha value is -1.22. The first-order valence-electron chi connectivity index (χ1n) is 5.25. The second-order valence-electron chi connectivity index (χ2n) is 4.04. The number of nitrogens with two attached hydrogens (primary N) is 1. The minimum Gasteiger partial charge on any atom is -0.391 e. The molecule has 3 atom stereocenters.